The maximum absolute atomic E-state index is 6.81. The number of nitrogens with zero attached hydrogens (tertiary/aromatic N) is 3. The highest BCUT2D eigenvalue weighted by Gasteiger charge is 2.30. The van der Waals surface area contributed by atoms with Crippen LogP contribution < -0.4 is 0 Å². The Balaban J connectivity index is 1.37. The normalized spacial score (nSPS) is 23.7. The van der Waals surface area contributed by atoms with Crippen molar-refractivity contribution in [3.05, 3.63) is 53.1 Å². The zero-order valence-electron chi connectivity index (χ0n) is 18.6. The number of hydrogen-bond acceptors (Lipinski definition) is 3. The highest BCUT2D eigenvalue weighted by Crippen LogP contribution is 2.35. The second-order valence-corrected chi connectivity index (χ2v) is 9.79. The Labute approximate surface area is 181 Å². The van der Waals surface area contributed by atoms with Gasteiger partial charge in [-0.1, -0.05) is 56.4 Å². The average Bonchev–Trinajstić information content (AvgIpc) is 3.14. The van der Waals surface area contributed by atoms with E-state index >= 15 is 0 Å². The number of piperidine rings is 1. The minimum Gasteiger partial charge on any atom is -0.362 e. The first kappa shape index (κ1) is 20.3. The molecule has 3 aliphatic rings. The smallest absolute Gasteiger partial charge is 0.142 e. The highest BCUT2D eigenvalue weighted by molar-refractivity contribution is 5.35. The largest absolute Gasteiger partial charge is 0.362 e. The average molecular weight is 408 g/mol. The van der Waals surface area contributed by atoms with Crippen molar-refractivity contribution in [1.29, 1.82) is 0 Å². The number of benzene rings is 1. The summed E-state index contributed by atoms with van der Waals surface area (Å²) in [5.74, 6) is 2.05. The van der Waals surface area contributed by atoms with E-state index in [9.17, 15) is 0 Å². The molecule has 2 fully saturated rings. The van der Waals surface area contributed by atoms with Crippen molar-refractivity contribution < 1.29 is 4.74 Å². The number of aromatic nitrogens is 2. The SMILES string of the molecule is CN1CCC(OC2c3ccccc3CCn3cc(CCC4CCCCC4)nc32)CC1. The fraction of sp³-hybridized carbons (Fsp3) is 0.654. The van der Waals surface area contributed by atoms with Crippen LogP contribution in [0.15, 0.2) is 30.5 Å². The first-order valence-electron chi connectivity index (χ1n) is 12.2. The molecule has 5 rings (SSSR count). The molecule has 1 aromatic carbocycles. The fourth-order valence-corrected chi connectivity index (χ4v) is 5.67. The van der Waals surface area contributed by atoms with Gasteiger partial charge in [-0.15, -0.1) is 0 Å². The molecule has 1 saturated carbocycles. The standard InChI is InChI=1S/C26H37N3O/c1-28-16-14-23(15-17-28)30-25-24-10-6-5-9-21(24)13-18-29-19-22(27-26(25)29)12-11-20-7-3-2-4-8-20/h5-6,9-10,19-20,23,25H,2-4,7-8,11-18H2,1H3. The van der Waals surface area contributed by atoms with E-state index in [1.54, 1.807) is 0 Å². The molecule has 30 heavy (non-hydrogen) atoms. The van der Waals surface area contributed by atoms with Crippen molar-refractivity contribution in [1.82, 2.24) is 14.5 Å². The summed E-state index contributed by atoms with van der Waals surface area (Å²) in [6.07, 6.45) is 15.5. The van der Waals surface area contributed by atoms with Crippen LogP contribution in [-0.4, -0.2) is 40.7 Å². The molecule has 4 heteroatoms. The van der Waals surface area contributed by atoms with Crippen molar-refractivity contribution >= 4 is 0 Å². The number of imidazole rings is 1. The Hall–Kier alpha value is -1.65. The minimum atomic E-state index is -0.0273. The van der Waals surface area contributed by atoms with Crippen molar-refractivity contribution in [2.45, 2.75) is 83.0 Å². The summed E-state index contributed by atoms with van der Waals surface area (Å²) in [5, 5.41) is 0. The van der Waals surface area contributed by atoms with Crippen LogP contribution in [0.4, 0.5) is 0 Å². The summed E-state index contributed by atoms with van der Waals surface area (Å²) in [6, 6.07) is 8.86. The maximum Gasteiger partial charge on any atom is 0.142 e. The topological polar surface area (TPSA) is 30.3 Å². The zero-order valence-corrected chi connectivity index (χ0v) is 18.6. The van der Waals surface area contributed by atoms with Gasteiger partial charge in [0, 0.05) is 25.8 Å². The number of fused-ring (bicyclic) bond motifs is 2. The third-order valence-corrected chi connectivity index (χ3v) is 7.58. The summed E-state index contributed by atoms with van der Waals surface area (Å²) >= 11 is 0. The highest BCUT2D eigenvalue weighted by atomic mass is 16.5. The Morgan fingerprint density at radius 3 is 2.63 bits per heavy atom. The van der Waals surface area contributed by atoms with Crippen molar-refractivity contribution in [3.63, 3.8) is 0 Å². The molecule has 2 aliphatic heterocycles. The maximum atomic E-state index is 6.81. The van der Waals surface area contributed by atoms with E-state index in [4.69, 9.17) is 9.72 Å². The Bertz CT molecular complexity index is 831. The van der Waals surface area contributed by atoms with Crippen molar-refractivity contribution in [3.8, 4) is 0 Å². The van der Waals surface area contributed by atoms with Gasteiger partial charge in [-0.3, -0.25) is 0 Å². The van der Waals surface area contributed by atoms with Crippen LogP contribution in [0.5, 0.6) is 0 Å². The van der Waals surface area contributed by atoms with Crippen molar-refractivity contribution in [2.75, 3.05) is 20.1 Å². The molecule has 1 aromatic heterocycles. The number of ether oxygens (including phenoxy) is 1. The van der Waals surface area contributed by atoms with Gasteiger partial charge < -0.3 is 14.2 Å². The predicted octanol–water partition coefficient (Wildman–Crippen LogP) is 5.15. The molecule has 0 amide bonds. The molecule has 0 N–H and O–H groups in total. The molecule has 1 atom stereocenters. The lowest BCUT2D eigenvalue weighted by Crippen LogP contribution is -2.35. The van der Waals surface area contributed by atoms with Crippen LogP contribution in [-0.2, 0) is 24.1 Å². The summed E-state index contributed by atoms with van der Waals surface area (Å²) in [4.78, 5) is 7.59. The number of hydrogen-bond donors (Lipinski definition) is 0. The Morgan fingerprint density at radius 2 is 1.80 bits per heavy atom. The number of rotatable bonds is 5. The molecule has 0 radical (unpaired) electrons. The quantitative estimate of drug-likeness (QED) is 0.686. The third-order valence-electron chi connectivity index (χ3n) is 7.58. The molecular weight excluding hydrogens is 370 g/mol. The molecule has 2 aromatic rings. The molecular formula is C26H37N3O. The van der Waals surface area contributed by atoms with Crippen LogP contribution >= 0.6 is 0 Å². The van der Waals surface area contributed by atoms with E-state index in [-0.39, 0.29) is 6.10 Å². The van der Waals surface area contributed by atoms with Gasteiger partial charge in [0.05, 0.1) is 11.8 Å². The molecule has 1 unspecified atom stereocenters. The van der Waals surface area contributed by atoms with Gasteiger partial charge >= 0.3 is 0 Å². The van der Waals surface area contributed by atoms with Gasteiger partial charge in [0.2, 0.25) is 0 Å². The van der Waals surface area contributed by atoms with Crippen LogP contribution in [0.2, 0.25) is 0 Å². The van der Waals surface area contributed by atoms with Crippen LogP contribution in [0.25, 0.3) is 0 Å². The second kappa shape index (κ2) is 9.23. The lowest BCUT2D eigenvalue weighted by Gasteiger charge is -2.32. The van der Waals surface area contributed by atoms with Gasteiger partial charge in [-0.2, -0.15) is 0 Å². The van der Waals surface area contributed by atoms with E-state index in [2.05, 4.69) is 47.0 Å². The van der Waals surface area contributed by atoms with Crippen LogP contribution in [0.3, 0.4) is 0 Å². The van der Waals surface area contributed by atoms with E-state index < -0.39 is 0 Å². The number of likely N-dealkylation sites (tertiary alicyclic amines) is 1. The zero-order chi connectivity index (χ0) is 20.3. The Morgan fingerprint density at radius 1 is 1.00 bits per heavy atom. The summed E-state index contributed by atoms with van der Waals surface area (Å²) in [7, 11) is 2.21. The molecule has 0 bridgehead atoms. The first-order chi connectivity index (χ1) is 14.8. The lowest BCUT2D eigenvalue weighted by molar-refractivity contribution is -0.0276. The van der Waals surface area contributed by atoms with E-state index in [0.29, 0.717) is 6.10 Å². The fourth-order valence-electron chi connectivity index (χ4n) is 5.67. The minimum absolute atomic E-state index is 0.0273. The van der Waals surface area contributed by atoms with E-state index in [1.165, 1.54) is 55.3 Å². The van der Waals surface area contributed by atoms with E-state index in [1.807, 2.05) is 0 Å². The summed E-state index contributed by atoms with van der Waals surface area (Å²) < 4.78 is 9.21. The first-order valence-corrected chi connectivity index (χ1v) is 12.2. The van der Waals surface area contributed by atoms with Gasteiger partial charge in [-0.05, 0) is 56.2 Å². The Kier molecular flexibility index (Phi) is 6.24. The van der Waals surface area contributed by atoms with Gasteiger partial charge in [-0.25, -0.2) is 4.98 Å². The van der Waals surface area contributed by atoms with Gasteiger partial charge in [0.25, 0.3) is 0 Å². The molecule has 0 spiro atoms. The number of aryl methyl sites for hydroxylation is 3. The molecule has 162 valence electrons. The summed E-state index contributed by atoms with van der Waals surface area (Å²) in [5.41, 5.74) is 4.02. The molecule has 1 saturated heterocycles. The van der Waals surface area contributed by atoms with Crippen molar-refractivity contribution in [2.24, 2.45) is 5.92 Å². The molecule has 3 heterocycles. The van der Waals surface area contributed by atoms with Gasteiger partial charge in [0.15, 0.2) is 0 Å². The summed E-state index contributed by atoms with van der Waals surface area (Å²) in [6.45, 7) is 3.26. The second-order valence-electron chi connectivity index (χ2n) is 9.79. The molecule has 1 aliphatic carbocycles. The van der Waals surface area contributed by atoms with Gasteiger partial charge in [0.1, 0.15) is 11.9 Å². The predicted molar refractivity (Wildman–Crippen MR) is 121 cm³/mol. The van der Waals surface area contributed by atoms with Crippen LogP contribution in [0.1, 0.15) is 80.1 Å². The van der Waals surface area contributed by atoms with E-state index in [0.717, 1.165) is 57.1 Å². The molecule has 4 nitrogen and oxygen atoms in total. The third kappa shape index (κ3) is 4.50. The monoisotopic (exact) mass is 407 g/mol. The lowest BCUT2D eigenvalue weighted by atomic mass is 9.86. The van der Waals surface area contributed by atoms with Crippen LogP contribution in [0, 0.1) is 5.92 Å².